The van der Waals surface area contributed by atoms with E-state index in [1.807, 2.05) is 0 Å². The van der Waals surface area contributed by atoms with Crippen LogP contribution in [0.2, 0.25) is 0 Å². The van der Waals surface area contributed by atoms with Crippen molar-refractivity contribution in [2.75, 3.05) is 53.6 Å². The number of ether oxygens (including phenoxy) is 2. The van der Waals surface area contributed by atoms with Gasteiger partial charge in [-0.2, -0.15) is 0 Å². The summed E-state index contributed by atoms with van der Waals surface area (Å²) in [7, 11) is 4.76. The number of nitrogens with zero attached hydrogens (tertiary/aromatic N) is 1. The summed E-state index contributed by atoms with van der Waals surface area (Å²) in [5.74, 6) is 1.30. The fraction of sp³-hybridized carbons (Fsp3) is 0.909. The highest BCUT2D eigenvalue weighted by atomic mass is 35.5. The third kappa shape index (κ3) is 31.6. The maximum atomic E-state index is 6.22. The summed E-state index contributed by atoms with van der Waals surface area (Å²) >= 11 is 0. The highest BCUT2D eigenvalue weighted by molar-refractivity contribution is 4.82. The number of allylic oxidation sites excluding steroid dienone is 4. The molecule has 4 heteroatoms. The Balaban J connectivity index is 0.0000221. The van der Waals surface area contributed by atoms with Crippen molar-refractivity contribution in [3.63, 3.8) is 0 Å². The molecule has 3 nitrogen and oxygen atoms in total. The second-order valence-electron chi connectivity index (χ2n) is 15.8. The first kappa shape index (κ1) is 47.7. The Hall–Kier alpha value is -0.350. The molecule has 0 aromatic carbocycles. The molecule has 0 spiro atoms. The minimum Gasteiger partial charge on any atom is -1.00 e. The van der Waals surface area contributed by atoms with Crippen molar-refractivity contribution in [1.82, 2.24) is 0 Å². The van der Waals surface area contributed by atoms with E-state index in [1.165, 1.54) is 193 Å². The minimum atomic E-state index is 0. The van der Waals surface area contributed by atoms with Crippen LogP contribution in [0, 0.1) is 11.8 Å². The van der Waals surface area contributed by atoms with Crippen molar-refractivity contribution >= 4 is 0 Å². The zero-order valence-corrected chi connectivity index (χ0v) is 33.9. The molecule has 1 saturated heterocycles. The van der Waals surface area contributed by atoms with Crippen LogP contribution in [0.25, 0.3) is 0 Å². The molecule has 1 fully saturated rings. The van der Waals surface area contributed by atoms with Crippen LogP contribution < -0.4 is 12.4 Å². The topological polar surface area (TPSA) is 18.5 Å². The van der Waals surface area contributed by atoms with Gasteiger partial charge in [-0.05, 0) is 64.2 Å². The van der Waals surface area contributed by atoms with Gasteiger partial charge in [-0.3, -0.25) is 0 Å². The quantitative estimate of drug-likeness (QED) is 0.0369. The van der Waals surface area contributed by atoms with Crippen LogP contribution in [0.1, 0.15) is 194 Å². The van der Waals surface area contributed by atoms with Gasteiger partial charge in [-0.25, -0.2) is 0 Å². The zero-order chi connectivity index (χ0) is 33.9. The van der Waals surface area contributed by atoms with Crippen LogP contribution in [0.5, 0.6) is 0 Å². The summed E-state index contributed by atoms with van der Waals surface area (Å²) in [6.45, 7) is 10.8. The summed E-state index contributed by atoms with van der Waals surface area (Å²) < 4.78 is 13.6. The number of hydrogen-bond donors (Lipinski definition) is 0. The molecular formula is C44H86ClNO2. The molecule has 1 rings (SSSR count). The van der Waals surface area contributed by atoms with Crippen molar-refractivity contribution in [3.8, 4) is 0 Å². The van der Waals surface area contributed by atoms with Gasteiger partial charge < -0.3 is 26.4 Å². The molecule has 0 unspecified atom stereocenters. The lowest BCUT2D eigenvalue weighted by atomic mass is 9.98. The molecule has 0 saturated carbocycles. The summed E-state index contributed by atoms with van der Waals surface area (Å²) in [5.41, 5.74) is 0. The van der Waals surface area contributed by atoms with Crippen molar-refractivity contribution in [1.29, 1.82) is 0 Å². The van der Waals surface area contributed by atoms with E-state index in [-0.39, 0.29) is 12.4 Å². The van der Waals surface area contributed by atoms with Gasteiger partial charge in [0.05, 0.1) is 40.4 Å². The third-order valence-corrected chi connectivity index (χ3v) is 10.4. The lowest BCUT2D eigenvalue weighted by Crippen LogP contribution is -3.00. The van der Waals surface area contributed by atoms with Crippen LogP contribution in [0.3, 0.4) is 0 Å². The predicted octanol–water partition coefficient (Wildman–Crippen LogP) is 10.4. The first-order valence-corrected chi connectivity index (χ1v) is 21.4. The maximum absolute atomic E-state index is 6.22. The zero-order valence-electron chi connectivity index (χ0n) is 33.1. The number of rotatable bonds is 36. The molecule has 1 heterocycles. The average molecular weight is 697 g/mol. The normalized spacial score (nSPS) is 17.6. The van der Waals surface area contributed by atoms with Gasteiger partial charge in [-0.1, -0.05) is 154 Å². The molecule has 1 aliphatic rings. The van der Waals surface area contributed by atoms with E-state index >= 15 is 0 Å². The van der Waals surface area contributed by atoms with Gasteiger partial charge in [0.25, 0.3) is 0 Å². The molecule has 0 aliphatic carbocycles. The van der Waals surface area contributed by atoms with E-state index in [1.54, 1.807) is 0 Å². The van der Waals surface area contributed by atoms with E-state index in [2.05, 4.69) is 52.2 Å². The molecule has 2 atom stereocenters. The highest BCUT2D eigenvalue weighted by Gasteiger charge is 2.40. The number of unbranched alkanes of at least 4 members (excludes halogenated alkanes) is 24. The van der Waals surface area contributed by atoms with E-state index in [0.717, 1.165) is 30.9 Å². The predicted molar refractivity (Wildman–Crippen MR) is 209 cm³/mol. The van der Waals surface area contributed by atoms with Crippen molar-refractivity contribution < 1.29 is 26.4 Å². The van der Waals surface area contributed by atoms with Gasteiger partial charge >= 0.3 is 0 Å². The Morgan fingerprint density at radius 2 is 0.688 bits per heavy atom. The van der Waals surface area contributed by atoms with Gasteiger partial charge in [0.1, 0.15) is 0 Å². The average Bonchev–Trinajstić information content (AvgIpc) is 3.36. The smallest absolute Gasteiger partial charge is 0.0839 e. The second kappa shape index (κ2) is 36.4. The SMILES string of the molecule is CCCCCCCCC=CCCCCCCCCOC[C@@H]1C[N+](C)(C)C[C@H]1COCCCCCCCCC=CCCCCCCCC.[Cl-]. The molecule has 286 valence electrons. The molecule has 1 aliphatic heterocycles. The van der Waals surface area contributed by atoms with Gasteiger partial charge in [0.2, 0.25) is 0 Å². The van der Waals surface area contributed by atoms with E-state index in [4.69, 9.17) is 9.47 Å². The number of quaternary nitrogens is 1. The highest BCUT2D eigenvalue weighted by Crippen LogP contribution is 2.28. The molecule has 0 N–H and O–H groups in total. The Kier molecular flexibility index (Phi) is 36.2. The Labute approximate surface area is 308 Å². The molecule has 0 aromatic heterocycles. The summed E-state index contributed by atoms with van der Waals surface area (Å²) in [6.07, 6.45) is 47.8. The molecule has 0 bridgehead atoms. The first-order valence-electron chi connectivity index (χ1n) is 21.4. The van der Waals surface area contributed by atoms with Crippen molar-refractivity contribution in [2.45, 2.75) is 194 Å². The Morgan fingerprint density at radius 1 is 0.417 bits per heavy atom. The van der Waals surface area contributed by atoms with Gasteiger partial charge in [0.15, 0.2) is 0 Å². The van der Waals surface area contributed by atoms with Gasteiger partial charge in [-0.15, -0.1) is 0 Å². The van der Waals surface area contributed by atoms with Crippen LogP contribution in [0.4, 0.5) is 0 Å². The molecule has 0 radical (unpaired) electrons. The lowest BCUT2D eigenvalue weighted by molar-refractivity contribution is -0.880. The Morgan fingerprint density at radius 3 is 1.00 bits per heavy atom. The largest absolute Gasteiger partial charge is 1.00 e. The van der Waals surface area contributed by atoms with Crippen molar-refractivity contribution in [2.24, 2.45) is 11.8 Å². The number of likely N-dealkylation sites (tertiary alicyclic amines) is 1. The monoisotopic (exact) mass is 696 g/mol. The van der Waals surface area contributed by atoms with E-state index in [0.29, 0.717) is 11.8 Å². The standard InChI is InChI=1S/C44H86NO2.ClH/c1-5-7-9-11-13-15-17-19-21-23-25-27-29-31-33-35-37-46-41-43-39-45(3,4)40-44(43)42-47-38-36-34-32-30-28-26-24-22-20-18-16-14-12-10-8-6-2;/h19-22,43-44H,5-18,23-42H2,1-4H3;1H/q+1;/p-1/t43-,44-;/m0./s1. The summed E-state index contributed by atoms with van der Waals surface area (Å²) in [5, 5.41) is 0. The maximum Gasteiger partial charge on any atom is 0.0839 e. The fourth-order valence-corrected chi connectivity index (χ4v) is 7.39. The molecule has 0 aromatic rings. The molecular weight excluding hydrogens is 610 g/mol. The first-order chi connectivity index (χ1) is 23.1. The van der Waals surface area contributed by atoms with Gasteiger partial charge in [0, 0.05) is 25.0 Å². The van der Waals surface area contributed by atoms with Crippen LogP contribution in [0.15, 0.2) is 24.3 Å². The number of hydrogen-bond acceptors (Lipinski definition) is 2. The lowest BCUT2D eigenvalue weighted by Gasteiger charge is -2.23. The van der Waals surface area contributed by atoms with E-state index in [9.17, 15) is 0 Å². The summed E-state index contributed by atoms with van der Waals surface area (Å²) in [4.78, 5) is 0. The molecule has 0 amide bonds. The second-order valence-corrected chi connectivity index (χ2v) is 15.8. The molecule has 48 heavy (non-hydrogen) atoms. The fourth-order valence-electron chi connectivity index (χ4n) is 7.39. The van der Waals surface area contributed by atoms with E-state index < -0.39 is 0 Å². The summed E-state index contributed by atoms with van der Waals surface area (Å²) in [6, 6.07) is 0. The number of halogens is 1. The van der Waals surface area contributed by atoms with Crippen LogP contribution in [-0.2, 0) is 9.47 Å². The Bertz CT molecular complexity index is 637. The third-order valence-electron chi connectivity index (χ3n) is 10.4. The minimum absolute atomic E-state index is 0. The van der Waals surface area contributed by atoms with Crippen LogP contribution in [-0.4, -0.2) is 58.1 Å². The van der Waals surface area contributed by atoms with Crippen LogP contribution >= 0.6 is 0 Å². The van der Waals surface area contributed by atoms with Crippen molar-refractivity contribution in [3.05, 3.63) is 24.3 Å².